The van der Waals surface area contributed by atoms with E-state index in [1.54, 1.807) is 19.3 Å². The van der Waals surface area contributed by atoms with Gasteiger partial charge in [0.15, 0.2) is 0 Å². The van der Waals surface area contributed by atoms with Crippen LogP contribution in [0.15, 0.2) is 30.3 Å². The summed E-state index contributed by atoms with van der Waals surface area (Å²) in [6.45, 7) is 68.3. The minimum atomic E-state index is 0.231. The SMILES string of the molecule is CC(C)(C)N1CCNCC1.CC(C)(C)N1CCOCC1.CC(C)(C)NC12CC3CC(CC(C3)C1)C2.CC(C)(C)NC1CCCCC1.CC(C)(C)NCCN1CCOCC1.CC(C)(C)NCCc1ccccc1.CC1CCN(C(C)(C)C)CC1. The van der Waals surface area contributed by atoms with Crippen molar-refractivity contribution in [2.45, 2.75) is 293 Å². The van der Waals surface area contributed by atoms with Gasteiger partial charge in [-0.15, -0.1) is 0 Å². The molecule has 488 valence electrons. The van der Waals surface area contributed by atoms with Gasteiger partial charge in [-0.3, -0.25) is 19.6 Å². The van der Waals surface area contributed by atoms with Gasteiger partial charge in [0.2, 0.25) is 0 Å². The number of hydrogen-bond acceptors (Lipinski definition) is 11. The van der Waals surface area contributed by atoms with Crippen LogP contribution >= 0.6 is 0 Å². The number of likely N-dealkylation sites (tertiary alicyclic amines) is 1. The van der Waals surface area contributed by atoms with Gasteiger partial charge in [0.1, 0.15) is 0 Å². The molecule has 5 saturated carbocycles. The second-order valence-electron chi connectivity index (χ2n) is 33.9. The summed E-state index contributed by atoms with van der Waals surface area (Å²) in [7, 11) is 0. The smallest absolute Gasteiger partial charge is 0.0594 e. The molecule has 1 aromatic carbocycles. The normalized spacial score (nSPS) is 25.5. The monoisotopic (exact) mass is 1170 g/mol. The van der Waals surface area contributed by atoms with Gasteiger partial charge in [-0.2, -0.15) is 0 Å². The van der Waals surface area contributed by atoms with Crippen molar-refractivity contribution < 1.29 is 9.47 Å². The molecule has 4 bridgehead atoms. The van der Waals surface area contributed by atoms with E-state index >= 15 is 0 Å². The summed E-state index contributed by atoms with van der Waals surface area (Å²) in [6, 6.07) is 11.4. The summed E-state index contributed by atoms with van der Waals surface area (Å²) in [6.07, 6.45) is 20.0. The van der Waals surface area contributed by atoms with E-state index in [4.69, 9.17) is 9.47 Å². The Labute approximate surface area is 517 Å². The highest BCUT2D eigenvalue weighted by molar-refractivity contribution is 5.15. The third-order valence-corrected chi connectivity index (χ3v) is 17.8. The summed E-state index contributed by atoms with van der Waals surface area (Å²) < 4.78 is 10.5. The van der Waals surface area contributed by atoms with Gasteiger partial charge >= 0.3 is 0 Å². The number of benzene rings is 1. The molecule has 0 atom stereocenters. The van der Waals surface area contributed by atoms with Crippen LogP contribution in [0.3, 0.4) is 0 Å². The van der Waals surface area contributed by atoms with Crippen molar-refractivity contribution in [3.63, 3.8) is 0 Å². The maximum atomic E-state index is 5.28. The second-order valence-corrected chi connectivity index (χ2v) is 33.9. The van der Waals surface area contributed by atoms with Crippen LogP contribution in [0.2, 0.25) is 0 Å². The van der Waals surface area contributed by atoms with Crippen LogP contribution < -0.4 is 26.6 Å². The molecule has 4 heterocycles. The fraction of sp³-hybridized carbons (Fsp3) is 0.917. The van der Waals surface area contributed by atoms with Crippen molar-refractivity contribution in [1.29, 1.82) is 0 Å². The number of piperazine rings is 1. The highest BCUT2D eigenvalue weighted by atomic mass is 16.5. The average molecular weight is 1170 g/mol. The van der Waals surface area contributed by atoms with E-state index in [0.29, 0.717) is 33.2 Å². The minimum Gasteiger partial charge on any atom is -0.379 e. The van der Waals surface area contributed by atoms with E-state index in [0.717, 1.165) is 121 Å². The molecule has 83 heavy (non-hydrogen) atoms. The highest BCUT2D eigenvalue weighted by Gasteiger charge is 2.51. The van der Waals surface area contributed by atoms with Gasteiger partial charge < -0.3 is 36.1 Å². The Morgan fingerprint density at radius 2 is 0.904 bits per heavy atom. The van der Waals surface area contributed by atoms with E-state index < -0.39 is 0 Å². The first-order chi connectivity index (χ1) is 38.4. The van der Waals surface area contributed by atoms with Crippen LogP contribution in [0.1, 0.15) is 241 Å². The zero-order valence-electron chi connectivity index (χ0n) is 59.3. The van der Waals surface area contributed by atoms with Crippen molar-refractivity contribution in [3.05, 3.63) is 35.9 Å². The summed E-state index contributed by atoms with van der Waals surface area (Å²) in [5.41, 5.74) is 4.09. The number of ether oxygens (including phenoxy) is 2. The molecule has 1 aromatic rings. The van der Waals surface area contributed by atoms with Crippen molar-refractivity contribution in [3.8, 4) is 0 Å². The molecule has 0 aromatic heterocycles. The van der Waals surface area contributed by atoms with Crippen LogP contribution in [-0.4, -0.2) is 181 Å². The van der Waals surface area contributed by atoms with Crippen LogP contribution in [0.5, 0.6) is 0 Å². The summed E-state index contributed by atoms with van der Waals surface area (Å²) in [5, 5.41) is 17.9. The Bertz CT molecular complexity index is 1720. The highest BCUT2D eigenvalue weighted by Crippen LogP contribution is 2.56. The molecule has 9 fully saturated rings. The largest absolute Gasteiger partial charge is 0.379 e. The third-order valence-electron chi connectivity index (χ3n) is 17.8. The van der Waals surface area contributed by atoms with E-state index in [1.165, 1.54) is 96.0 Å². The molecular formula is C72H143N9O2. The van der Waals surface area contributed by atoms with E-state index in [1.807, 2.05) is 0 Å². The number of morpholine rings is 2. The lowest BCUT2D eigenvalue weighted by molar-refractivity contribution is -0.0309. The fourth-order valence-electron chi connectivity index (χ4n) is 13.8. The number of nitrogens with one attached hydrogen (secondary N) is 5. The number of hydrogen-bond donors (Lipinski definition) is 5. The molecule has 11 heteroatoms. The number of piperidine rings is 1. The molecule has 5 aliphatic carbocycles. The van der Waals surface area contributed by atoms with Crippen molar-refractivity contribution in [2.24, 2.45) is 23.7 Å². The topological polar surface area (TPSA) is 91.6 Å². The molecule has 4 aliphatic heterocycles. The first-order valence-corrected chi connectivity index (χ1v) is 34.3. The molecule has 0 spiro atoms. The lowest BCUT2D eigenvalue weighted by Gasteiger charge is -2.58. The van der Waals surface area contributed by atoms with Gasteiger partial charge in [-0.1, -0.05) is 56.5 Å². The number of rotatable bonds is 8. The first-order valence-electron chi connectivity index (χ1n) is 34.3. The molecule has 9 aliphatic rings. The molecule has 0 unspecified atom stereocenters. The van der Waals surface area contributed by atoms with Crippen molar-refractivity contribution in [1.82, 2.24) is 46.2 Å². The zero-order chi connectivity index (χ0) is 62.2. The molecule has 5 N–H and O–H groups in total. The molecule has 4 saturated heterocycles. The molecule has 0 amide bonds. The minimum absolute atomic E-state index is 0.231. The van der Waals surface area contributed by atoms with Crippen LogP contribution in [0.4, 0.5) is 0 Å². The Balaban J connectivity index is 0.000000255. The van der Waals surface area contributed by atoms with Crippen LogP contribution in [0.25, 0.3) is 0 Å². The zero-order valence-corrected chi connectivity index (χ0v) is 59.3. The molecule has 0 radical (unpaired) electrons. The molecule has 11 nitrogen and oxygen atoms in total. The van der Waals surface area contributed by atoms with Crippen molar-refractivity contribution in [2.75, 3.05) is 112 Å². The second kappa shape index (κ2) is 35.8. The van der Waals surface area contributed by atoms with Crippen molar-refractivity contribution >= 4 is 0 Å². The maximum absolute atomic E-state index is 5.28. The Morgan fingerprint density at radius 3 is 1.30 bits per heavy atom. The Kier molecular flexibility index (Phi) is 32.8. The summed E-state index contributed by atoms with van der Waals surface area (Å²) in [4.78, 5) is 10.0. The van der Waals surface area contributed by atoms with Crippen LogP contribution in [0, 0.1) is 23.7 Å². The average Bonchev–Trinajstić information content (AvgIpc) is 3.37. The lowest BCUT2D eigenvalue weighted by Crippen LogP contribution is -2.62. The standard InChI is InChI=1S/C14H25N.C12H19N.C10H22N2O.2C10H21N.C8H18N2.C8H17NO/c1-13(2,3)15-14-7-10-4-11(8-14)6-12(5-10)9-14;1-12(2,3)13-10-9-11-7-5-4-6-8-11;1-10(2,3)11-4-5-12-6-8-13-9-7-12;1-9-5-7-11(8-6-9)10(2,3)4;1-10(2,3)11-9-7-5-4-6-8-9;1-8(2,3)10-6-4-9-5-7-10;1-8(2,3)9-4-6-10-7-5-9/h10-12,15H,4-9H2,1-3H3;4-8,13H,9-10H2,1-3H3;11H,4-9H2,1-3H3;9H,5-8H2,1-4H3;9,11H,4-8H2,1-3H3;9H,4-7H2,1-3H3;4-7H2,1-3H3. The molecule has 10 rings (SSSR count). The summed E-state index contributed by atoms with van der Waals surface area (Å²) in [5.74, 6) is 4.14. The van der Waals surface area contributed by atoms with E-state index in [-0.39, 0.29) is 11.1 Å². The van der Waals surface area contributed by atoms with Gasteiger partial charge in [0.05, 0.1) is 26.4 Å². The Morgan fingerprint density at radius 1 is 0.482 bits per heavy atom. The number of nitrogens with zero attached hydrogens (tertiary/aromatic N) is 4. The van der Waals surface area contributed by atoms with E-state index in [9.17, 15) is 0 Å². The third kappa shape index (κ3) is 35.5. The van der Waals surface area contributed by atoms with Gasteiger partial charge in [-0.05, 0) is 265 Å². The maximum Gasteiger partial charge on any atom is 0.0594 e. The predicted molar refractivity (Wildman–Crippen MR) is 363 cm³/mol. The van der Waals surface area contributed by atoms with E-state index in [2.05, 4.69) is 229 Å². The Hall–Kier alpha value is -1.22. The first kappa shape index (κ1) is 76.0. The fourth-order valence-corrected chi connectivity index (χ4v) is 13.8. The van der Waals surface area contributed by atoms with Gasteiger partial charge in [-0.25, -0.2) is 0 Å². The van der Waals surface area contributed by atoms with Gasteiger partial charge in [0, 0.05) is 116 Å². The van der Waals surface area contributed by atoms with Crippen LogP contribution in [-0.2, 0) is 15.9 Å². The molecular weight excluding hydrogens is 1020 g/mol. The van der Waals surface area contributed by atoms with Gasteiger partial charge in [0.25, 0.3) is 0 Å². The quantitative estimate of drug-likeness (QED) is 0.172. The lowest BCUT2D eigenvalue weighted by atomic mass is 9.52. The summed E-state index contributed by atoms with van der Waals surface area (Å²) >= 11 is 0. The predicted octanol–water partition coefficient (Wildman–Crippen LogP) is 13.7.